The summed E-state index contributed by atoms with van der Waals surface area (Å²) in [7, 11) is 0. The third-order valence-electron chi connectivity index (χ3n) is 4.57. The number of halogens is 1. The van der Waals surface area contributed by atoms with E-state index in [4.69, 9.17) is 16.6 Å². The van der Waals surface area contributed by atoms with E-state index in [-0.39, 0.29) is 0 Å². The number of piperazine rings is 1. The molecule has 4 rings (SSSR count). The Morgan fingerprint density at radius 3 is 2.54 bits per heavy atom. The molecular formula is C20H20ClN3. The summed E-state index contributed by atoms with van der Waals surface area (Å²) in [6, 6.07) is 16.4. The molecule has 4 heteroatoms. The number of rotatable bonds is 1. The summed E-state index contributed by atoms with van der Waals surface area (Å²) >= 11 is 6.50. The Hall–Kier alpha value is -2.10. The molecule has 1 saturated heterocycles. The Balaban J connectivity index is 1.84. The highest BCUT2D eigenvalue weighted by Gasteiger charge is 2.23. The van der Waals surface area contributed by atoms with Gasteiger partial charge in [0, 0.05) is 42.3 Å². The van der Waals surface area contributed by atoms with Gasteiger partial charge in [-0.2, -0.15) is 0 Å². The topological polar surface area (TPSA) is 27.6 Å². The van der Waals surface area contributed by atoms with E-state index in [0.717, 1.165) is 60.3 Å². The normalized spacial score (nSPS) is 17.6. The molecule has 0 atom stereocenters. The number of fused-ring (bicyclic) bond motifs is 1. The Labute approximate surface area is 147 Å². The minimum absolute atomic E-state index is 0.776. The molecule has 0 radical (unpaired) electrons. The van der Waals surface area contributed by atoms with Crippen molar-refractivity contribution in [3.8, 4) is 0 Å². The fourth-order valence-electron chi connectivity index (χ4n) is 3.30. The standard InChI is InChI=1S/C20H20ClN3/c21-18-7-3-2-6-16(18)17-10-9-15-5-1-4-8-19(15)23-20(17)24-13-11-22-12-14-24/h1-8,10,22H,9,11-14H2. The number of aliphatic imine (C=N–C) groups is 1. The Bertz CT molecular complexity index is 804. The molecule has 0 bridgehead atoms. The lowest BCUT2D eigenvalue weighted by Gasteiger charge is -2.31. The highest BCUT2D eigenvalue weighted by Crippen LogP contribution is 2.32. The third-order valence-corrected chi connectivity index (χ3v) is 4.90. The van der Waals surface area contributed by atoms with Gasteiger partial charge < -0.3 is 10.2 Å². The molecule has 2 aromatic carbocycles. The minimum atomic E-state index is 0.776. The quantitative estimate of drug-likeness (QED) is 0.854. The highest BCUT2D eigenvalue weighted by atomic mass is 35.5. The van der Waals surface area contributed by atoms with Crippen LogP contribution in [0, 0.1) is 0 Å². The highest BCUT2D eigenvalue weighted by molar-refractivity contribution is 6.35. The predicted octanol–water partition coefficient (Wildman–Crippen LogP) is 3.91. The first-order chi connectivity index (χ1) is 11.8. The van der Waals surface area contributed by atoms with E-state index in [0.29, 0.717) is 0 Å². The molecule has 2 aliphatic heterocycles. The summed E-state index contributed by atoms with van der Waals surface area (Å²) in [5.41, 5.74) is 4.51. The van der Waals surface area contributed by atoms with Crippen LogP contribution < -0.4 is 5.32 Å². The second-order valence-corrected chi connectivity index (χ2v) is 6.51. The van der Waals surface area contributed by atoms with Crippen LogP contribution in [0.2, 0.25) is 5.02 Å². The average Bonchev–Trinajstić information content (AvgIpc) is 2.83. The number of hydrogen-bond acceptors (Lipinski definition) is 3. The molecule has 2 heterocycles. The molecule has 2 aromatic rings. The van der Waals surface area contributed by atoms with Crippen molar-refractivity contribution in [2.45, 2.75) is 6.42 Å². The molecule has 1 fully saturated rings. The second-order valence-electron chi connectivity index (χ2n) is 6.10. The average molecular weight is 338 g/mol. The van der Waals surface area contributed by atoms with E-state index in [1.807, 2.05) is 18.2 Å². The van der Waals surface area contributed by atoms with Gasteiger partial charge in [-0.3, -0.25) is 0 Å². The maximum Gasteiger partial charge on any atom is 0.136 e. The van der Waals surface area contributed by atoms with Gasteiger partial charge in [0.25, 0.3) is 0 Å². The molecule has 0 aliphatic carbocycles. The number of nitrogens with zero attached hydrogens (tertiary/aromatic N) is 2. The SMILES string of the molecule is Clc1ccccc1C1=CCc2ccccc2N=C1N1CCNCC1. The van der Waals surface area contributed by atoms with Crippen molar-refractivity contribution in [3.63, 3.8) is 0 Å². The molecule has 0 aromatic heterocycles. The van der Waals surface area contributed by atoms with Gasteiger partial charge in [-0.15, -0.1) is 0 Å². The zero-order valence-electron chi connectivity index (χ0n) is 13.5. The van der Waals surface area contributed by atoms with E-state index < -0.39 is 0 Å². The molecule has 0 spiro atoms. The number of allylic oxidation sites excluding steroid dienone is 1. The predicted molar refractivity (Wildman–Crippen MR) is 101 cm³/mol. The van der Waals surface area contributed by atoms with Gasteiger partial charge in [-0.1, -0.05) is 54.1 Å². The molecule has 0 saturated carbocycles. The smallest absolute Gasteiger partial charge is 0.136 e. The van der Waals surface area contributed by atoms with Crippen LogP contribution in [0.3, 0.4) is 0 Å². The molecule has 1 N–H and O–H groups in total. The van der Waals surface area contributed by atoms with Gasteiger partial charge >= 0.3 is 0 Å². The zero-order chi connectivity index (χ0) is 16.4. The van der Waals surface area contributed by atoms with Gasteiger partial charge in [-0.25, -0.2) is 4.99 Å². The maximum atomic E-state index is 6.50. The lowest BCUT2D eigenvalue weighted by atomic mass is 10.0. The molecule has 0 unspecified atom stereocenters. The van der Waals surface area contributed by atoms with Crippen LogP contribution in [-0.4, -0.2) is 36.9 Å². The summed E-state index contributed by atoms with van der Waals surface area (Å²) in [6.07, 6.45) is 3.14. The summed E-state index contributed by atoms with van der Waals surface area (Å²) < 4.78 is 0. The fourth-order valence-corrected chi connectivity index (χ4v) is 3.54. The van der Waals surface area contributed by atoms with Crippen molar-refractivity contribution in [1.82, 2.24) is 10.2 Å². The van der Waals surface area contributed by atoms with Crippen LogP contribution in [0.15, 0.2) is 59.6 Å². The van der Waals surface area contributed by atoms with Crippen molar-refractivity contribution < 1.29 is 0 Å². The minimum Gasteiger partial charge on any atom is -0.354 e. The van der Waals surface area contributed by atoms with Gasteiger partial charge in [0.2, 0.25) is 0 Å². The van der Waals surface area contributed by atoms with E-state index in [2.05, 4.69) is 46.6 Å². The lowest BCUT2D eigenvalue weighted by Crippen LogP contribution is -2.46. The van der Waals surface area contributed by atoms with Crippen molar-refractivity contribution >= 4 is 28.7 Å². The van der Waals surface area contributed by atoms with Gasteiger partial charge in [0.1, 0.15) is 5.84 Å². The van der Waals surface area contributed by atoms with Crippen molar-refractivity contribution in [2.24, 2.45) is 4.99 Å². The first-order valence-corrected chi connectivity index (χ1v) is 8.78. The van der Waals surface area contributed by atoms with Gasteiger partial charge in [-0.05, 0) is 24.1 Å². The molecule has 3 nitrogen and oxygen atoms in total. The van der Waals surface area contributed by atoms with Crippen LogP contribution >= 0.6 is 11.6 Å². The molecule has 122 valence electrons. The summed E-state index contributed by atoms with van der Waals surface area (Å²) in [6.45, 7) is 3.89. The number of para-hydroxylation sites is 1. The van der Waals surface area contributed by atoms with Gasteiger partial charge in [0.15, 0.2) is 0 Å². The van der Waals surface area contributed by atoms with E-state index in [1.54, 1.807) is 0 Å². The Kier molecular flexibility index (Phi) is 4.37. The number of hydrogen-bond donors (Lipinski definition) is 1. The van der Waals surface area contributed by atoms with Crippen LogP contribution in [0.4, 0.5) is 5.69 Å². The first kappa shape index (κ1) is 15.4. The second kappa shape index (κ2) is 6.80. The summed E-state index contributed by atoms with van der Waals surface area (Å²) in [5.74, 6) is 1.04. The zero-order valence-corrected chi connectivity index (χ0v) is 14.3. The lowest BCUT2D eigenvalue weighted by molar-refractivity contribution is 0.360. The Morgan fingerprint density at radius 2 is 1.71 bits per heavy atom. The monoisotopic (exact) mass is 337 g/mol. The number of nitrogens with one attached hydrogen (secondary N) is 1. The number of amidine groups is 1. The maximum absolute atomic E-state index is 6.50. The van der Waals surface area contributed by atoms with Crippen LogP contribution in [0.5, 0.6) is 0 Å². The Morgan fingerprint density at radius 1 is 0.958 bits per heavy atom. The largest absolute Gasteiger partial charge is 0.354 e. The van der Waals surface area contributed by atoms with E-state index >= 15 is 0 Å². The van der Waals surface area contributed by atoms with Gasteiger partial charge in [0.05, 0.1) is 5.69 Å². The van der Waals surface area contributed by atoms with E-state index in [9.17, 15) is 0 Å². The molecule has 24 heavy (non-hydrogen) atoms. The van der Waals surface area contributed by atoms with Crippen LogP contribution in [0.25, 0.3) is 5.57 Å². The van der Waals surface area contributed by atoms with E-state index in [1.165, 1.54) is 5.56 Å². The molecular weight excluding hydrogens is 318 g/mol. The van der Waals surface area contributed by atoms with Crippen molar-refractivity contribution in [1.29, 1.82) is 0 Å². The summed E-state index contributed by atoms with van der Waals surface area (Å²) in [5, 5.41) is 4.19. The fraction of sp³-hybridized carbons (Fsp3) is 0.250. The third kappa shape index (κ3) is 2.97. The summed E-state index contributed by atoms with van der Waals surface area (Å²) in [4.78, 5) is 7.42. The van der Waals surface area contributed by atoms with Crippen LogP contribution in [0.1, 0.15) is 11.1 Å². The molecule has 0 amide bonds. The van der Waals surface area contributed by atoms with Crippen molar-refractivity contribution in [3.05, 3.63) is 70.8 Å². The molecule has 2 aliphatic rings. The van der Waals surface area contributed by atoms with Crippen molar-refractivity contribution in [2.75, 3.05) is 26.2 Å². The number of benzene rings is 2. The van der Waals surface area contributed by atoms with Crippen LogP contribution in [-0.2, 0) is 6.42 Å². The first-order valence-electron chi connectivity index (χ1n) is 8.40.